The average molecular weight is 220 g/mol. The third-order valence-corrected chi connectivity index (χ3v) is 1.73. The first kappa shape index (κ1) is 11.3. The fourth-order valence-electron chi connectivity index (χ4n) is 0.819. The molecule has 0 aliphatic heterocycles. The van der Waals surface area contributed by atoms with E-state index in [-0.39, 0.29) is 0 Å². The van der Waals surface area contributed by atoms with Gasteiger partial charge in [-0.15, -0.1) is 6.58 Å². The smallest absolute Gasteiger partial charge is 0.187 e. The van der Waals surface area contributed by atoms with Crippen molar-refractivity contribution in [2.45, 2.75) is 0 Å². The minimum Gasteiger partial charge on any atom is -0.358 e. The second-order valence-electron chi connectivity index (χ2n) is 2.65. The molecule has 1 rings (SSSR count). The van der Waals surface area contributed by atoms with Crippen LogP contribution in [0.5, 0.6) is 0 Å². The molecule has 0 bridgehead atoms. The van der Waals surface area contributed by atoms with E-state index in [4.69, 9.17) is 12.2 Å². The number of hydrogen-bond donors (Lipinski definition) is 2. The Morgan fingerprint density at radius 3 is 2.93 bits per heavy atom. The highest BCUT2D eigenvalue weighted by molar-refractivity contribution is 7.80. The van der Waals surface area contributed by atoms with Gasteiger partial charge in [0.15, 0.2) is 5.11 Å². The van der Waals surface area contributed by atoms with Crippen molar-refractivity contribution in [2.24, 2.45) is 5.10 Å². The second-order valence-corrected chi connectivity index (χ2v) is 3.06. The van der Waals surface area contributed by atoms with Crippen molar-refractivity contribution < 1.29 is 0 Å². The van der Waals surface area contributed by atoms with E-state index in [0.717, 1.165) is 5.56 Å². The molecule has 0 atom stereocenters. The maximum Gasteiger partial charge on any atom is 0.187 e. The lowest BCUT2D eigenvalue weighted by molar-refractivity contribution is 0.941. The van der Waals surface area contributed by atoms with Gasteiger partial charge in [-0.25, -0.2) is 0 Å². The van der Waals surface area contributed by atoms with Gasteiger partial charge < -0.3 is 5.32 Å². The molecule has 1 heterocycles. The highest BCUT2D eigenvalue weighted by Gasteiger charge is 1.88. The maximum atomic E-state index is 4.94. The van der Waals surface area contributed by atoms with Gasteiger partial charge in [0.1, 0.15) is 0 Å². The number of aromatic nitrogens is 1. The van der Waals surface area contributed by atoms with Crippen molar-refractivity contribution in [1.82, 2.24) is 15.7 Å². The van der Waals surface area contributed by atoms with Crippen molar-refractivity contribution in [3.8, 4) is 0 Å². The highest BCUT2D eigenvalue weighted by atomic mass is 32.1. The third kappa shape index (κ3) is 4.87. The van der Waals surface area contributed by atoms with Crippen LogP contribution in [0, 0.1) is 0 Å². The van der Waals surface area contributed by atoms with Gasteiger partial charge in [-0.05, 0) is 29.9 Å². The summed E-state index contributed by atoms with van der Waals surface area (Å²) in [5, 5.41) is 7.32. The summed E-state index contributed by atoms with van der Waals surface area (Å²) >= 11 is 4.94. The van der Waals surface area contributed by atoms with E-state index >= 15 is 0 Å². The van der Waals surface area contributed by atoms with Gasteiger partial charge in [-0.3, -0.25) is 10.4 Å². The molecule has 0 saturated heterocycles. The van der Waals surface area contributed by atoms with Crippen molar-refractivity contribution >= 4 is 23.5 Å². The summed E-state index contributed by atoms with van der Waals surface area (Å²) in [7, 11) is 0. The van der Waals surface area contributed by atoms with Crippen LogP contribution in [0.3, 0.4) is 0 Å². The number of nitrogens with zero attached hydrogens (tertiary/aromatic N) is 2. The monoisotopic (exact) mass is 220 g/mol. The molecule has 1 aromatic heterocycles. The second kappa shape index (κ2) is 6.67. The lowest BCUT2D eigenvalue weighted by Crippen LogP contribution is -2.31. The van der Waals surface area contributed by atoms with Crippen molar-refractivity contribution in [3.05, 3.63) is 42.7 Å². The summed E-state index contributed by atoms with van der Waals surface area (Å²) in [5.41, 5.74) is 3.65. The molecular formula is C10H12N4S. The molecule has 0 saturated carbocycles. The number of hydrogen-bond acceptors (Lipinski definition) is 3. The van der Waals surface area contributed by atoms with Crippen LogP contribution in [-0.2, 0) is 0 Å². The van der Waals surface area contributed by atoms with Crippen LogP contribution >= 0.6 is 12.2 Å². The van der Waals surface area contributed by atoms with Crippen molar-refractivity contribution in [3.63, 3.8) is 0 Å². The summed E-state index contributed by atoms with van der Waals surface area (Å²) in [6.07, 6.45) is 6.80. The van der Waals surface area contributed by atoms with Gasteiger partial charge in [0.05, 0.1) is 6.21 Å². The number of thiocarbonyl (C=S) groups is 1. The molecule has 15 heavy (non-hydrogen) atoms. The predicted octanol–water partition coefficient (Wildman–Crippen LogP) is 1.07. The first-order chi connectivity index (χ1) is 7.33. The van der Waals surface area contributed by atoms with E-state index in [9.17, 15) is 0 Å². The Kier molecular flexibility index (Phi) is 5.03. The normalized spacial score (nSPS) is 9.87. The molecule has 0 aliphatic rings. The number of rotatable bonds is 4. The molecule has 0 spiro atoms. The van der Waals surface area contributed by atoms with Crippen LogP contribution in [-0.4, -0.2) is 22.9 Å². The van der Waals surface area contributed by atoms with Gasteiger partial charge in [-0.1, -0.05) is 6.08 Å². The molecule has 4 nitrogen and oxygen atoms in total. The summed E-state index contributed by atoms with van der Waals surface area (Å²) in [4.78, 5) is 3.90. The molecule has 0 aliphatic carbocycles. The van der Waals surface area contributed by atoms with Crippen LogP contribution in [0.2, 0.25) is 0 Å². The first-order valence-electron chi connectivity index (χ1n) is 4.41. The number of pyridine rings is 1. The molecule has 0 fully saturated rings. The Hall–Kier alpha value is -1.75. The minimum absolute atomic E-state index is 0.472. The minimum atomic E-state index is 0.472. The largest absolute Gasteiger partial charge is 0.358 e. The SMILES string of the molecule is C=CCNC(=S)N/N=C\c1ccncc1. The summed E-state index contributed by atoms with van der Waals surface area (Å²) in [6, 6.07) is 3.71. The van der Waals surface area contributed by atoms with Gasteiger partial charge in [0.2, 0.25) is 0 Å². The van der Waals surface area contributed by atoms with Crippen LogP contribution in [0.1, 0.15) is 5.56 Å². The van der Waals surface area contributed by atoms with E-state index in [1.165, 1.54) is 0 Å². The molecule has 5 heteroatoms. The van der Waals surface area contributed by atoms with Gasteiger partial charge in [-0.2, -0.15) is 5.10 Å². The summed E-state index contributed by atoms with van der Waals surface area (Å²) in [5.74, 6) is 0. The first-order valence-corrected chi connectivity index (χ1v) is 4.81. The van der Waals surface area contributed by atoms with E-state index in [2.05, 4.69) is 27.4 Å². The van der Waals surface area contributed by atoms with E-state index in [0.29, 0.717) is 11.7 Å². The number of nitrogens with one attached hydrogen (secondary N) is 2. The Balaban J connectivity index is 2.33. The molecule has 0 amide bonds. The van der Waals surface area contributed by atoms with E-state index in [1.54, 1.807) is 24.7 Å². The van der Waals surface area contributed by atoms with Crippen LogP contribution in [0.25, 0.3) is 0 Å². The van der Waals surface area contributed by atoms with Gasteiger partial charge >= 0.3 is 0 Å². The molecule has 1 aromatic rings. The Morgan fingerprint density at radius 2 is 2.27 bits per heavy atom. The zero-order valence-electron chi connectivity index (χ0n) is 8.18. The van der Waals surface area contributed by atoms with E-state index in [1.807, 2.05) is 12.1 Å². The Labute approximate surface area is 94.1 Å². The maximum absolute atomic E-state index is 4.94. The Bertz CT molecular complexity index is 348. The average Bonchev–Trinajstić information content (AvgIpc) is 2.28. The highest BCUT2D eigenvalue weighted by Crippen LogP contribution is 1.89. The molecule has 0 aromatic carbocycles. The van der Waals surface area contributed by atoms with Gasteiger partial charge in [0, 0.05) is 18.9 Å². The molecule has 0 radical (unpaired) electrons. The predicted molar refractivity (Wildman–Crippen MR) is 65.8 cm³/mol. The third-order valence-electron chi connectivity index (χ3n) is 1.49. The fourth-order valence-corrected chi connectivity index (χ4v) is 0.955. The van der Waals surface area contributed by atoms with Crippen LogP contribution in [0.4, 0.5) is 0 Å². The lowest BCUT2D eigenvalue weighted by Gasteiger charge is -2.02. The van der Waals surface area contributed by atoms with Gasteiger partial charge in [0.25, 0.3) is 0 Å². The molecule has 78 valence electrons. The standard InChI is InChI=1S/C10H12N4S/c1-2-5-12-10(15)14-13-8-9-3-6-11-7-4-9/h2-4,6-8H,1,5H2,(H2,12,14,15)/b13-8-. The van der Waals surface area contributed by atoms with Crippen LogP contribution < -0.4 is 10.7 Å². The van der Waals surface area contributed by atoms with E-state index < -0.39 is 0 Å². The topological polar surface area (TPSA) is 49.3 Å². The quantitative estimate of drug-likeness (QED) is 0.345. The zero-order valence-corrected chi connectivity index (χ0v) is 9.00. The summed E-state index contributed by atoms with van der Waals surface area (Å²) < 4.78 is 0. The number of hydrazone groups is 1. The Morgan fingerprint density at radius 1 is 1.53 bits per heavy atom. The molecule has 2 N–H and O–H groups in total. The van der Waals surface area contributed by atoms with Crippen molar-refractivity contribution in [1.29, 1.82) is 0 Å². The fraction of sp³-hybridized carbons (Fsp3) is 0.100. The van der Waals surface area contributed by atoms with Crippen molar-refractivity contribution in [2.75, 3.05) is 6.54 Å². The lowest BCUT2D eigenvalue weighted by atomic mass is 10.3. The molecule has 0 unspecified atom stereocenters. The van der Waals surface area contributed by atoms with Crippen LogP contribution in [0.15, 0.2) is 42.3 Å². The molecular weight excluding hydrogens is 208 g/mol. The summed E-state index contributed by atoms with van der Waals surface area (Å²) in [6.45, 7) is 4.19. The zero-order chi connectivity index (χ0) is 10.9.